The van der Waals surface area contributed by atoms with Crippen LogP contribution in [0.2, 0.25) is 0 Å². The summed E-state index contributed by atoms with van der Waals surface area (Å²) >= 11 is 0. The smallest absolute Gasteiger partial charge is 0.310 e. The standard InChI is InChI=1S/C16H27NO3/c1-4-15(18)17(12-13(2)16(19)20-3)11-10-14-8-6-5-7-9-14/h8,13H,4-7,9-12H2,1-3H3. The predicted molar refractivity (Wildman–Crippen MR) is 79.2 cm³/mol. The fourth-order valence-electron chi connectivity index (χ4n) is 2.56. The third-order valence-electron chi connectivity index (χ3n) is 3.84. The zero-order valence-electron chi connectivity index (χ0n) is 13.0. The second-order valence-electron chi connectivity index (χ2n) is 5.48. The monoisotopic (exact) mass is 281 g/mol. The predicted octanol–water partition coefficient (Wildman–Crippen LogP) is 2.92. The molecular weight excluding hydrogens is 254 g/mol. The van der Waals surface area contributed by atoms with Crippen molar-refractivity contribution < 1.29 is 14.3 Å². The van der Waals surface area contributed by atoms with E-state index in [9.17, 15) is 9.59 Å². The summed E-state index contributed by atoms with van der Waals surface area (Å²) in [7, 11) is 1.39. The molecule has 0 bridgehead atoms. The number of esters is 1. The molecule has 0 saturated heterocycles. The lowest BCUT2D eigenvalue weighted by atomic mass is 9.97. The van der Waals surface area contributed by atoms with Crippen LogP contribution >= 0.6 is 0 Å². The van der Waals surface area contributed by atoms with Crippen molar-refractivity contribution in [2.45, 2.75) is 52.4 Å². The van der Waals surface area contributed by atoms with Crippen molar-refractivity contribution in [3.8, 4) is 0 Å². The van der Waals surface area contributed by atoms with Crippen LogP contribution in [0.15, 0.2) is 11.6 Å². The maximum atomic E-state index is 12.0. The van der Waals surface area contributed by atoms with Crippen molar-refractivity contribution in [1.82, 2.24) is 4.90 Å². The number of hydrogen-bond acceptors (Lipinski definition) is 3. The second-order valence-corrected chi connectivity index (χ2v) is 5.48. The summed E-state index contributed by atoms with van der Waals surface area (Å²) in [5.41, 5.74) is 1.45. The van der Waals surface area contributed by atoms with Crippen molar-refractivity contribution in [2.24, 2.45) is 5.92 Å². The lowest BCUT2D eigenvalue weighted by Gasteiger charge is -2.25. The zero-order chi connectivity index (χ0) is 15.0. The van der Waals surface area contributed by atoms with Crippen LogP contribution in [-0.2, 0) is 14.3 Å². The van der Waals surface area contributed by atoms with E-state index < -0.39 is 0 Å². The molecule has 0 saturated carbocycles. The molecule has 1 unspecified atom stereocenters. The molecule has 0 fully saturated rings. The van der Waals surface area contributed by atoms with E-state index in [1.54, 1.807) is 4.90 Å². The topological polar surface area (TPSA) is 46.6 Å². The SMILES string of the molecule is CCC(=O)N(CCC1=CCCCC1)CC(C)C(=O)OC. The first-order valence-corrected chi connectivity index (χ1v) is 7.62. The second kappa shape index (κ2) is 8.77. The molecule has 1 aliphatic carbocycles. The number of hydrogen-bond donors (Lipinski definition) is 0. The van der Waals surface area contributed by atoms with E-state index in [0.717, 1.165) is 19.3 Å². The summed E-state index contributed by atoms with van der Waals surface area (Å²) in [6.07, 6.45) is 8.57. The molecule has 0 radical (unpaired) electrons. The third kappa shape index (κ3) is 5.35. The first-order valence-electron chi connectivity index (χ1n) is 7.62. The minimum Gasteiger partial charge on any atom is -0.469 e. The zero-order valence-corrected chi connectivity index (χ0v) is 13.0. The molecule has 0 aromatic heterocycles. The maximum Gasteiger partial charge on any atom is 0.310 e. The molecule has 1 atom stereocenters. The molecule has 4 heteroatoms. The van der Waals surface area contributed by atoms with Crippen molar-refractivity contribution >= 4 is 11.9 Å². The van der Waals surface area contributed by atoms with Crippen molar-refractivity contribution in [2.75, 3.05) is 20.2 Å². The lowest BCUT2D eigenvalue weighted by molar-refractivity contribution is -0.146. The van der Waals surface area contributed by atoms with Crippen LogP contribution in [0.1, 0.15) is 52.4 Å². The Morgan fingerprint density at radius 2 is 2.15 bits per heavy atom. The third-order valence-corrected chi connectivity index (χ3v) is 3.84. The minimum absolute atomic E-state index is 0.108. The molecule has 20 heavy (non-hydrogen) atoms. The van der Waals surface area contributed by atoms with Crippen molar-refractivity contribution in [3.63, 3.8) is 0 Å². The van der Waals surface area contributed by atoms with Crippen LogP contribution in [0, 0.1) is 5.92 Å². The quantitative estimate of drug-likeness (QED) is 0.532. The number of allylic oxidation sites excluding steroid dienone is 1. The van der Waals surface area contributed by atoms with Gasteiger partial charge >= 0.3 is 5.97 Å². The van der Waals surface area contributed by atoms with Gasteiger partial charge in [0.25, 0.3) is 0 Å². The first-order chi connectivity index (χ1) is 9.58. The number of ether oxygens (including phenoxy) is 1. The van der Waals surface area contributed by atoms with Gasteiger partial charge in [0.1, 0.15) is 0 Å². The number of nitrogens with zero attached hydrogens (tertiary/aromatic N) is 1. The summed E-state index contributed by atoms with van der Waals surface area (Å²) < 4.78 is 4.73. The molecule has 0 spiro atoms. The maximum absolute atomic E-state index is 12.0. The van der Waals surface area contributed by atoms with Gasteiger partial charge in [0.15, 0.2) is 0 Å². The van der Waals surface area contributed by atoms with Crippen molar-refractivity contribution in [3.05, 3.63) is 11.6 Å². The van der Waals surface area contributed by atoms with Crippen LogP contribution in [0.4, 0.5) is 0 Å². The normalized spacial score (nSPS) is 16.2. The van der Waals surface area contributed by atoms with E-state index in [-0.39, 0.29) is 17.8 Å². The van der Waals surface area contributed by atoms with Gasteiger partial charge in [0.05, 0.1) is 13.0 Å². The van der Waals surface area contributed by atoms with Gasteiger partial charge in [-0.3, -0.25) is 9.59 Å². The molecule has 1 aliphatic rings. The van der Waals surface area contributed by atoms with Gasteiger partial charge < -0.3 is 9.64 Å². The molecular formula is C16H27NO3. The van der Waals surface area contributed by atoms with Crippen LogP contribution in [-0.4, -0.2) is 37.0 Å². The average Bonchev–Trinajstić information content (AvgIpc) is 2.50. The van der Waals surface area contributed by atoms with Crippen LogP contribution in [0.25, 0.3) is 0 Å². The van der Waals surface area contributed by atoms with Crippen molar-refractivity contribution in [1.29, 1.82) is 0 Å². The first kappa shape index (κ1) is 16.7. The van der Waals surface area contributed by atoms with Gasteiger partial charge in [-0.2, -0.15) is 0 Å². The van der Waals surface area contributed by atoms with E-state index >= 15 is 0 Å². The Balaban J connectivity index is 2.53. The van der Waals surface area contributed by atoms with Crippen LogP contribution in [0.5, 0.6) is 0 Å². The van der Waals surface area contributed by atoms with E-state index in [4.69, 9.17) is 4.74 Å². The Labute approximate surface area is 122 Å². The number of methoxy groups -OCH3 is 1. The highest BCUT2D eigenvalue weighted by Crippen LogP contribution is 2.20. The highest BCUT2D eigenvalue weighted by Gasteiger charge is 2.20. The Kier molecular flexibility index (Phi) is 7.34. The fourth-order valence-corrected chi connectivity index (χ4v) is 2.56. The summed E-state index contributed by atoms with van der Waals surface area (Å²) in [5.74, 6) is -0.413. The summed E-state index contributed by atoms with van der Waals surface area (Å²) in [6.45, 7) is 4.83. The van der Waals surface area contributed by atoms with Gasteiger partial charge in [0.2, 0.25) is 5.91 Å². The van der Waals surface area contributed by atoms with E-state index in [1.807, 2.05) is 13.8 Å². The Bertz CT molecular complexity index is 363. The molecule has 0 heterocycles. The average molecular weight is 281 g/mol. The highest BCUT2D eigenvalue weighted by atomic mass is 16.5. The van der Waals surface area contributed by atoms with E-state index in [0.29, 0.717) is 19.5 Å². The molecule has 0 aromatic carbocycles. The number of carbonyl (C=O) groups is 2. The number of carbonyl (C=O) groups excluding carboxylic acids is 2. The van der Waals surface area contributed by atoms with Gasteiger partial charge in [-0.15, -0.1) is 0 Å². The number of rotatable bonds is 7. The van der Waals surface area contributed by atoms with E-state index in [2.05, 4.69) is 6.08 Å². The molecule has 0 N–H and O–H groups in total. The van der Waals surface area contributed by atoms with Crippen LogP contribution < -0.4 is 0 Å². The summed E-state index contributed by atoms with van der Waals surface area (Å²) in [5, 5.41) is 0. The molecule has 0 aromatic rings. The molecule has 1 rings (SSSR count). The summed E-state index contributed by atoms with van der Waals surface area (Å²) in [6, 6.07) is 0. The highest BCUT2D eigenvalue weighted by molar-refractivity contribution is 5.77. The van der Waals surface area contributed by atoms with Gasteiger partial charge in [-0.1, -0.05) is 25.5 Å². The van der Waals surface area contributed by atoms with Gasteiger partial charge in [0, 0.05) is 19.5 Å². The summed E-state index contributed by atoms with van der Waals surface area (Å²) in [4.78, 5) is 25.3. The van der Waals surface area contributed by atoms with E-state index in [1.165, 1.54) is 25.5 Å². The van der Waals surface area contributed by atoms with Gasteiger partial charge in [-0.25, -0.2) is 0 Å². The Morgan fingerprint density at radius 3 is 2.70 bits per heavy atom. The Morgan fingerprint density at radius 1 is 1.40 bits per heavy atom. The fraction of sp³-hybridized carbons (Fsp3) is 0.750. The minimum atomic E-state index is -0.268. The number of amides is 1. The Hall–Kier alpha value is -1.32. The molecule has 4 nitrogen and oxygen atoms in total. The molecule has 114 valence electrons. The lowest BCUT2D eigenvalue weighted by Crippen LogP contribution is -2.37. The largest absolute Gasteiger partial charge is 0.469 e. The van der Waals surface area contributed by atoms with Gasteiger partial charge in [-0.05, 0) is 32.1 Å². The molecule has 0 aliphatic heterocycles. The molecule has 1 amide bonds. The van der Waals surface area contributed by atoms with Crippen LogP contribution in [0.3, 0.4) is 0 Å².